The number of rotatable bonds is 3. The first-order valence-corrected chi connectivity index (χ1v) is 9.06. The number of fused-ring (bicyclic) bond motifs is 1. The van der Waals surface area contributed by atoms with Crippen LogP contribution in [0.15, 0.2) is 18.2 Å². The first kappa shape index (κ1) is 19.5. The Hall–Kier alpha value is -2.25. The Morgan fingerprint density at radius 2 is 1.56 bits per heavy atom. The van der Waals surface area contributed by atoms with E-state index >= 15 is 0 Å². The Balaban J connectivity index is 1.81. The van der Waals surface area contributed by atoms with Crippen LogP contribution in [0.5, 0.6) is 0 Å². The van der Waals surface area contributed by atoms with Gasteiger partial charge in [-0.15, -0.1) is 0 Å². The fraction of sp³-hybridized carbons (Fsp3) is 0.550. The summed E-state index contributed by atoms with van der Waals surface area (Å²) in [5, 5.41) is 0. The van der Waals surface area contributed by atoms with Crippen LogP contribution in [0.4, 0.5) is 0 Å². The predicted octanol–water partition coefficient (Wildman–Crippen LogP) is 2.31. The lowest BCUT2D eigenvalue weighted by Gasteiger charge is -2.39. The van der Waals surface area contributed by atoms with Gasteiger partial charge in [0.15, 0.2) is 5.79 Å². The number of carbonyl (C=O) groups is 3. The van der Waals surface area contributed by atoms with Gasteiger partial charge in [-0.25, -0.2) is 0 Å². The number of nitrogens with zero attached hydrogens (tertiary/aromatic N) is 2. The molecule has 0 aliphatic carbocycles. The zero-order chi connectivity index (χ0) is 20.0. The number of imide groups is 1. The number of piperidine rings is 1. The molecule has 3 rings (SSSR count). The average Bonchev–Trinajstić information content (AvgIpc) is 2.91. The molecule has 7 heteroatoms. The quantitative estimate of drug-likeness (QED) is 0.599. The van der Waals surface area contributed by atoms with Gasteiger partial charge in [0.2, 0.25) is 0 Å². The molecule has 0 aromatic heterocycles. The van der Waals surface area contributed by atoms with Crippen LogP contribution in [0.25, 0.3) is 0 Å². The van der Waals surface area contributed by atoms with E-state index in [-0.39, 0.29) is 17.7 Å². The number of benzene rings is 1. The van der Waals surface area contributed by atoms with Gasteiger partial charge in [0.1, 0.15) is 0 Å². The van der Waals surface area contributed by atoms with E-state index in [1.807, 2.05) is 20.8 Å². The monoisotopic (exact) mass is 374 g/mol. The maximum atomic E-state index is 12.9. The second kappa shape index (κ2) is 6.73. The van der Waals surface area contributed by atoms with E-state index in [9.17, 15) is 14.4 Å². The van der Waals surface area contributed by atoms with Gasteiger partial charge in [-0.2, -0.15) is 0 Å². The predicted molar refractivity (Wildman–Crippen MR) is 98.6 cm³/mol. The highest BCUT2D eigenvalue weighted by Gasteiger charge is 2.42. The Labute approximate surface area is 159 Å². The maximum Gasteiger partial charge on any atom is 0.262 e. The van der Waals surface area contributed by atoms with E-state index in [0.29, 0.717) is 42.6 Å². The Morgan fingerprint density at radius 1 is 1.00 bits per heavy atom. The molecule has 0 saturated carbocycles. The molecule has 1 saturated heterocycles. The summed E-state index contributed by atoms with van der Waals surface area (Å²) in [7, 11) is 3.20. The highest BCUT2D eigenvalue weighted by molar-refractivity contribution is 6.22. The zero-order valence-electron chi connectivity index (χ0n) is 16.5. The summed E-state index contributed by atoms with van der Waals surface area (Å²) in [4.78, 5) is 41.1. The van der Waals surface area contributed by atoms with Crippen LogP contribution in [0.3, 0.4) is 0 Å². The summed E-state index contributed by atoms with van der Waals surface area (Å²) in [5.74, 6) is -1.48. The largest absolute Gasteiger partial charge is 0.353 e. The summed E-state index contributed by atoms with van der Waals surface area (Å²) in [6, 6.07) is 4.73. The third-order valence-electron chi connectivity index (χ3n) is 5.36. The van der Waals surface area contributed by atoms with Crippen molar-refractivity contribution in [2.24, 2.45) is 0 Å². The van der Waals surface area contributed by atoms with E-state index < -0.39 is 11.3 Å². The van der Waals surface area contributed by atoms with Crippen LogP contribution in [0, 0.1) is 0 Å². The number of amides is 3. The molecule has 0 N–H and O–H groups in total. The van der Waals surface area contributed by atoms with Gasteiger partial charge in [0, 0.05) is 51.3 Å². The first-order valence-electron chi connectivity index (χ1n) is 9.06. The van der Waals surface area contributed by atoms with Crippen molar-refractivity contribution in [3.63, 3.8) is 0 Å². The van der Waals surface area contributed by atoms with Crippen molar-refractivity contribution in [1.29, 1.82) is 0 Å². The summed E-state index contributed by atoms with van der Waals surface area (Å²) >= 11 is 0. The standard InChI is InChI=1S/C20H26N2O5/c1-19(2,3)22-17(24)14-7-6-13(12-15(14)18(22)25)16(23)21-10-8-20(26-4,27-5)9-11-21/h6-7,12H,8-11H2,1-5H3. The van der Waals surface area contributed by atoms with Crippen molar-refractivity contribution in [3.8, 4) is 0 Å². The fourth-order valence-corrected chi connectivity index (χ4v) is 3.71. The van der Waals surface area contributed by atoms with E-state index in [1.165, 1.54) is 11.0 Å². The third-order valence-corrected chi connectivity index (χ3v) is 5.36. The number of methoxy groups -OCH3 is 2. The minimum absolute atomic E-state index is 0.159. The van der Waals surface area contributed by atoms with Crippen molar-refractivity contribution in [2.45, 2.75) is 44.9 Å². The van der Waals surface area contributed by atoms with Crippen molar-refractivity contribution >= 4 is 17.7 Å². The number of carbonyl (C=O) groups excluding carboxylic acids is 3. The topological polar surface area (TPSA) is 76.2 Å². The maximum absolute atomic E-state index is 12.9. The van der Waals surface area contributed by atoms with Gasteiger partial charge in [0.25, 0.3) is 17.7 Å². The highest BCUT2D eigenvalue weighted by Crippen LogP contribution is 2.31. The lowest BCUT2D eigenvalue weighted by Crippen LogP contribution is -2.48. The number of likely N-dealkylation sites (tertiary alicyclic amines) is 1. The van der Waals surface area contributed by atoms with Gasteiger partial charge in [-0.3, -0.25) is 19.3 Å². The van der Waals surface area contributed by atoms with E-state index in [4.69, 9.17) is 9.47 Å². The molecule has 1 aromatic rings. The van der Waals surface area contributed by atoms with Crippen LogP contribution in [0.1, 0.15) is 64.7 Å². The zero-order valence-corrected chi connectivity index (χ0v) is 16.5. The van der Waals surface area contributed by atoms with Crippen molar-refractivity contribution < 1.29 is 23.9 Å². The third kappa shape index (κ3) is 3.26. The normalized spacial score (nSPS) is 19.4. The van der Waals surface area contributed by atoms with Gasteiger partial charge < -0.3 is 14.4 Å². The van der Waals surface area contributed by atoms with Gasteiger partial charge in [-0.1, -0.05) is 0 Å². The number of ether oxygens (including phenoxy) is 2. The molecule has 27 heavy (non-hydrogen) atoms. The molecule has 1 fully saturated rings. The molecule has 0 atom stereocenters. The lowest BCUT2D eigenvalue weighted by atomic mass is 10.0. The van der Waals surface area contributed by atoms with Gasteiger partial charge >= 0.3 is 0 Å². The smallest absolute Gasteiger partial charge is 0.262 e. The molecule has 2 aliphatic heterocycles. The molecule has 7 nitrogen and oxygen atoms in total. The van der Waals surface area contributed by atoms with Gasteiger partial charge in [-0.05, 0) is 39.0 Å². The van der Waals surface area contributed by atoms with Gasteiger partial charge in [0.05, 0.1) is 11.1 Å². The average molecular weight is 374 g/mol. The minimum atomic E-state index is -0.649. The molecular weight excluding hydrogens is 348 g/mol. The summed E-state index contributed by atoms with van der Waals surface area (Å²) in [6.07, 6.45) is 1.15. The molecule has 3 amide bonds. The molecule has 146 valence electrons. The number of hydrogen-bond donors (Lipinski definition) is 0. The Bertz CT molecular complexity index is 782. The van der Waals surface area contributed by atoms with Crippen LogP contribution in [-0.2, 0) is 9.47 Å². The van der Waals surface area contributed by atoms with Crippen molar-refractivity contribution in [1.82, 2.24) is 9.80 Å². The second-order valence-corrected chi connectivity index (χ2v) is 7.99. The molecule has 0 bridgehead atoms. The van der Waals surface area contributed by atoms with Crippen molar-refractivity contribution in [2.75, 3.05) is 27.3 Å². The Morgan fingerprint density at radius 3 is 2.07 bits per heavy atom. The van der Waals surface area contributed by atoms with Crippen LogP contribution < -0.4 is 0 Å². The molecule has 0 unspecified atom stereocenters. The van der Waals surface area contributed by atoms with E-state index in [1.54, 1.807) is 31.3 Å². The molecule has 0 spiro atoms. The van der Waals surface area contributed by atoms with Crippen LogP contribution >= 0.6 is 0 Å². The van der Waals surface area contributed by atoms with Crippen LogP contribution in [-0.4, -0.2) is 66.2 Å². The molecule has 0 radical (unpaired) electrons. The number of hydrogen-bond acceptors (Lipinski definition) is 5. The Kier molecular flexibility index (Phi) is 4.86. The van der Waals surface area contributed by atoms with Crippen LogP contribution in [0.2, 0.25) is 0 Å². The summed E-state index contributed by atoms with van der Waals surface area (Å²) < 4.78 is 10.9. The van der Waals surface area contributed by atoms with E-state index in [0.717, 1.165) is 0 Å². The SMILES string of the molecule is COC1(OC)CCN(C(=O)c2ccc3c(c2)C(=O)N(C(C)(C)C)C3=O)CC1. The minimum Gasteiger partial charge on any atom is -0.353 e. The van der Waals surface area contributed by atoms with E-state index in [2.05, 4.69) is 0 Å². The van der Waals surface area contributed by atoms with Crippen molar-refractivity contribution in [3.05, 3.63) is 34.9 Å². The fourth-order valence-electron chi connectivity index (χ4n) is 3.71. The molecule has 2 heterocycles. The highest BCUT2D eigenvalue weighted by atomic mass is 16.7. The lowest BCUT2D eigenvalue weighted by molar-refractivity contribution is -0.226. The molecule has 1 aromatic carbocycles. The summed E-state index contributed by atoms with van der Waals surface area (Å²) in [5.41, 5.74) is 0.435. The first-order chi connectivity index (χ1) is 12.6. The molecular formula is C20H26N2O5. The molecule has 2 aliphatic rings. The summed E-state index contributed by atoms with van der Waals surface area (Å²) in [6.45, 7) is 6.43. The second-order valence-electron chi connectivity index (χ2n) is 7.99.